The van der Waals surface area contributed by atoms with E-state index >= 15 is 0 Å². The minimum atomic E-state index is -0.263. The fourth-order valence-corrected chi connectivity index (χ4v) is 2.40. The van der Waals surface area contributed by atoms with Gasteiger partial charge in [0, 0.05) is 17.9 Å². The smallest absolute Gasteiger partial charge is 0.226 e. The minimum Gasteiger partial charge on any atom is -0.342 e. The van der Waals surface area contributed by atoms with Gasteiger partial charge in [-0.15, -0.1) is 0 Å². The van der Waals surface area contributed by atoms with E-state index in [2.05, 4.69) is 15.9 Å². The molecular formula is C13H15BrFNO. The number of alkyl halides is 1. The van der Waals surface area contributed by atoms with Gasteiger partial charge in [-0.1, -0.05) is 28.1 Å². The Balaban J connectivity index is 1.90. The highest BCUT2D eigenvalue weighted by Crippen LogP contribution is 2.18. The van der Waals surface area contributed by atoms with Crippen LogP contribution in [0.15, 0.2) is 24.3 Å². The van der Waals surface area contributed by atoms with E-state index in [0.29, 0.717) is 11.2 Å². The van der Waals surface area contributed by atoms with E-state index in [4.69, 9.17) is 0 Å². The summed E-state index contributed by atoms with van der Waals surface area (Å²) in [5, 5.41) is 0. The Bertz CT molecular complexity index is 385. The minimum absolute atomic E-state index is 0.135. The molecule has 1 saturated heterocycles. The highest BCUT2D eigenvalue weighted by Gasteiger charge is 2.20. The lowest BCUT2D eigenvalue weighted by Gasteiger charge is -2.29. The molecule has 0 atom stereocenters. The number of carbonyl (C=O) groups excluding carboxylic acids is 1. The molecule has 0 bridgehead atoms. The van der Waals surface area contributed by atoms with E-state index in [1.54, 1.807) is 12.1 Å². The highest BCUT2D eigenvalue weighted by molar-refractivity contribution is 9.09. The number of benzene rings is 1. The number of nitrogens with zero attached hydrogens (tertiary/aromatic N) is 1. The van der Waals surface area contributed by atoms with Gasteiger partial charge in [0.25, 0.3) is 0 Å². The zero-order valence-electron chi connectivity index (χ0n) is 9.53. The SMILES string of the molecule is O=C(Cc1ccc(F)cc1)N1CCC(Br)CC1. The molecule has 1 aromatic carbocycles. The van der Waals surface area contributed by atoms with Crippen LogP contribution in [-0.2, 0) is 11.2 Å². The van der Waals surface area contributed by atoms with Crippen molar-refractivity contribution in [3.05, 3.63) is 35.6 Å². The molecule has 0 aromatic heterocycles. The fraction of sp³-hybridized carbons (Fsp3) is 0.462. The standard InChI is InChI=1S/C13H15BrFNO/c14-11-5-7-16(8-6-11)13(17)9-10-1-3-12(15)4-2-10/h1-4,11H,5-9H2. The predicted molar refractivity (Wildman–Crippen MR) is 68.6 cm³/mol. The number of carbonyl (C=O) groups is 1. The molecule has 0 spiro atoms. The number of hydrogen-bond donors (Lipinski definition) is 0. The number of rotatable bonds is 2. The molecule has 0 saturated carbocycles. The molecule has 1 fully saturated rings. The van der Waals surface area contributed by atoms with Crippen LogP contribution in [0.3, 0.4) is 0 Å². The zero-order valence-corrected chi connectivity index (χ0v) is 11.1. The summed E-state index contributed by atoms with van der Waals surface area (Å²) in [7, 11) is 0. The molecule has 4 heteroatoms. The maximum atomic E-state index is 12.7. The molecule has 1 aliphatic heterocycles. The summed E-state index contributed by atoms with van der Waals surface area (Å²) >= 11 is 3.56. The van der Waals surface area contributed by atoms with Crippen molar-refractivity contribution >= 4 is 21.8 Å². The average molecular weight is 300 g/mol. The zero-order chi connectivity index (χ0) is 12.3. The molecule has 0 aliphatic carbocycles. The first-order valence-corrected chi connectivity index (χ1v) is 6.73. The first-order valence-electron chi connectivity index (χ1n) is 5.81. The summed E-state index contributed by atoms with van der Waals surface area (Å²) in [6, 6.07) is 6.13. The summed E-state index contributed by atoms with van der Waals surface area (Å²) in [5.74, 6) is -0.127. The second-order valence-corrected chi connectivity index (χ2v) is 5.65. The lowest BCUT2D eigenvalue weighted by Crippen LogP contribution is -2.39. The Morgan fingerprint density at radius 2 is 1.88 bits per heavy atom. The summed E-state index contributed by atoms with van der Waals surface area (Å²) < 4.78 is 12.7. The normalized spacial score (nSPS) is 17.2. The topological polar surface area (TPSA) is 20.3 Å². The molecule has 0 radical (unpaired) electrons. The van der Waals surface area contributed by atoms with Gasteiger partial charge in [0.2, 0.25) is 5.91 Å². The van der Waals surface area contributed by atoms with Crippen LogP contribution >= 0.6 is 15.9 Å². The Labute approximate surface area is 109 Å². The van der Waals surface area contributed by atoms with E-state index in [0.717, 1.165) is 31.5 Å². The monoisotopic (exact) mass is 299 g/mol. The fourth-order valence-electron chi connectivity index (χ4n) is 1.99. The van der Waals surface area contributed by atoms with Gasteiger partial charge >= 0.3 is 0 Å². The molecule has 0 unspecified atom stereocenters. The lowest BCUT2D eigenvalue weighted by atomic mass is 10.1. The van der Waals surface area contributed by atoms with E-state index in [1.807, 2.05) is 4.90 Å². The summed E-state index contributed by atoms with van der Waals surface area (Å²) in [5.41, 5.74) is 0.873. The Hall–Kier alpha value is -0.900. The van der Waals surface area contributed by atoms with Crippen molar-refractivity contribution in [1.29, 1.82) is 0 Å². The summed E-state index contributed by atoms with van der Waals surface area (Å²) in [6.07, 6.45) is 2.39. The molecule has 1 aliphatic rings. The molecule has 17 heavy (non-hydrogen) atoms. The van der Waals surface area contributed by atoms with Gasteiger partial charge in [0.1, 0.15) is 5.82 Å². The number of halogens is 2. The number of hydrogen-bond acceptors (Lipinski definition) is 1. The average Bonchev–Trinajstić information content (AvgIpc) is 2.33. The number of amides is 1. The summed E-state index contributed by atoms with van der Waals surface area (Å²) in [6.45, 7) is 1.63. The third kappa shape index (κ3) is 3.53. The second kappa shape index (κ2) is 5.63. The molecular weight excluding hydrogens is 285 g/mol. The van der Waals surface area contributed by atoms with Crippen LogP contribution in [0.25, 0.3) is 0 Å². The number of piperidine rings is 1. The van der Waals surface area contributed by atoms with Crippen LogP contribution in [0.2, 0.25) is 0 Å². The molecule has 1 amide bonds. The lowest BCUT2D eigenvalue weighted by molar-refractivity contribution is -0.131. The van der Waals surface area contributed by atoms with Gasteiger partial charge in [-0.05, 0) is 30.5 Å². The summed E-state index contributed by atoms with van der Waals surface area (Å²) in [4.78, 5) is 14.4. The molecule has 1 heterocycles. The van der Waals surface area contributed by atoms with E-state index < -0.39 is 0 Å². The Morgan fingerprint density at radius 3 is 2.47 bits per heavy atom. The van der Waals surface area contributed by atoms with Crippen LogP contribution in [-0.4, -0.2) is 28.7 Å². The van der Waals surface area contributed by atoms with Crippen LogP contribution < -0.4 is 0 Å². The van der Waals surface area contributed by atoms with Gasteiger partial charge in [-0.3, -0.25) is 4.79 Å². The molecule has 92 valence electrons. The van der Waals surface area contributed by atoms with Crippen molar-refractivity contribution in [3.63, 3.8) is 0 Å². The van der Waals surface area contributed by atoms with Crippen molar-refractivity contribution < 1.29 is 9.18 Å². The molecule has 2 nitrogen and oxygen atoms in total. The van der Waals surface area contributed by atoms with Crippen molar-refractivity contribution in [2.75, 3.05) is 13.1 Å². The van der Waals surface area contributed by atoms with Crippen molar-refractivity contribution in [1.82, 2.24) is 4.90 Å². The van der Waals surface area contributed by atoms with Gasteiger partial charge in [-0.25, -0.2) is 4.39 Å². The number of likely N-dealkylation sites (tertiary alicyclic amines) is 1. The van der Waals surface area contributed by atoms with Crippen LogP contribution in [0.4, 0.5) is 4.39 Å². The third-order valence-electron chi connectivity index (χ3n) is 3.05. The van der Waals surface area contributed by atoms with Crippen molar-refractivity contribution in [2.24, 2.45) is 0 Å². The largest absolute Gasteiger partial charge is 0.342 e. The van der Waals surface area contributed by atoms with Crippen LogP contribution in [0.1, 0.15) is 18.4 Å². The highest BCUT2D eigenvalue weighted by atomic mass is 79.9. The maximum Gasteiger partial charge on any atom is 0.226 e. The van der Waals surface area contributed by atoms with Crippen LogP contribution in [0.5, 0.6) is 0 Å². The maximum absolute atomic E-state index is 12.7. The van der Waals surface area contributed by atoms with Gasteiger partial charge < -0.3 is 4.90 Å². The Morgan fingerprint density at radius 1 is 1.29 bits per heavy atom. The quantitative estimate of drug-likeness (QED) is 0.769. The van der Waals surface area contributed by atoms with Gasteiger partial charge in [0.15, 0.2) is 0 Å². The van der Waals surface area contributed by atoms with Crippen molar-refractivity contribution in [3.8, 4) is 0 Å². The first kappa shape index (κ1) is 12.6. The second-order valence-electron chi connectivity index (χ2n) is 4.36. The van der Waals surface area contributed by atoms with Gasteiger partial charge in [-0.2, -0.15) is 0 Å². The third-order valence-corrected chi connectivity index (χ3v) is 3.96. The van der Waals surface area contributed by atoms with E-state index in [-0.39, 0.29) is 11.7 Å². The molecule has 1 aromatic rings. The van der Waals surface area contributed by atoms with Crippen LogP contribution in [0, 0.1) is 5.82 Å². The van der Waals surface area contributed by atoms with Crippen molar-refractivity contribution in [2.45, 2.75) is 24.1 Å². The van der Waals surface area contributed by atoms with E-state index in [1.165, 1.54) is 12.1 Å². The molecule has 2 rings (SSSR count). The van der Waals surface area contributed by atoms with E-state index in [9.17, 15) is 9.18 Å². The van der Waals surface area contributed by atoms with Gasteiger partial charge in [0.05, 0.1) is 6.42 Å². The first-order chi connectivity index (χ1) is 8.15. The predicted octanol–water partition coefficient (Wildman–Crippen LogP) is 2.75. The Kier molecular flexibility index (Phi) is 4.15. The molecule has 0 N–H and O–H groups in total.